The minimum Gasteiger partial charge on any atom is -0.504 e. The average Bonchev–Trinajstić information content (AvgIpc) is 3.15. The highest BCUT2D eigenvalue weighted by molar-refractivity contribution is 7.07. The monoisotopic (exact) mass is 506 g/mol. The van der Waals surface area contributed by atoms with E-state index in [1.807, 2.05) is 31.2 Å². The number of ether oxygens (including phenoxy) is 2. The Morgan fingerprint density at radius 1 is 1.17 bits per heavy atom. The maximum absolute atomic E-state index is 13.7. The van der Waals surface area contributed by atoms with Crippen LogP contribution in [-0.4, -0.2) is 28.9 Å². The maximum atomic E-state index is 13.7. The number of aromatic hydroxyl groups is 1. The summed E-state index contributed by atoms with van der Waals surface area (Å²) in [7, 11) is 0. The van der Waals surface area contributed by atoms with Gasteiger partial charge in [-0.2, -0.15) is 0 Å². The average molecular weight is 507 g/mol. The fraction of sp³-hybridized carbons (Fsp3) is 0.321. The Morgan fingerprint density at radius 2 is 1.89 bits per heavy atom. The van der Waals surface area contributed by atoms with Gasteiger partial charge in [-0.25, -0.2) is 9.79 Å². The molecule has 1 aromatic heterocycles. The summed E-state index contributed by atoms with van der Waals surface area (Å²) in [5, 5.41) is 10.0. The van der Waals surface area contributed by atoms with Crippen molar-refractivity contribution in [3.63, 3.8) is 0 Å². The lowest BCUT2D eigenvalue weighted by molar-refractivity contribution is -0.139. The smallest absolute Gasteiger partial charge is 0.338 e. The van der Waals surface area contributed by atoms with E-state index in [0.29, 0.717) is 44.4 Å². The number of allylic oxidation sites excluding steroid dienone is 1. The molecule has 36 heavy (non-hydrogen) atoms. The zero-order valence-corrected chi connectivity index (χ0v) is 21.9. The SMILES string of the molecule is CCOC(=O)C1=C(C)N=c2s/c(=C\c3ccc(O)c(OCC)c3)c(=O)n2[C@H]1c1ccc(C(C)C)cc1. The topological polar surface area (TPSA) is 90.1 Å². The number of fused-ring (bicyclic) bond motifs is 1. The van der Waals surface area contributed by atoms with Crippen LogP contribution in [0, 0.1) is 0 Å². The molecule has 0 fully saturated rings. The number of rotatable bonds is 7. The third-order valence-electron chi connectivity index (χ3n) is 6.02. The molecule has 8 heteroatoms. The first-order valence-corrected chi connectivity index (χ1v) is 12.8. The van der Waals surface area contributed by atoms with Gasteiger partial charge in [-0.05, 0) is 61.6 Å². The molecule has 0 amide bonds. The van der Waals surface area contributed by atoms with Gasteiger partial charge in [0.05, 0.1) is 35.1 Å². The highest BCUT2D eigenvalue weighted by Crippen LogP contribution is 2.32. The zero-order valence-electron chi connectivity index (χ0n) is 21.1. The lowest BCUT2D eigenvalue weighted by Gasteiger charge is -2.25. The molecular formula is C28H30N2O5S. The van der Waals surface area contributed by atoms with Crippen molar-refractivity contribution in [2.24, 2.45) is 4.99 Å². The van der Waals surface area contributed by atoms with Gasteiger partial charge in [0.2, 0.25) is 0 Å². The molecule has 2 aromatic carbocycles. The van der Waals surface area contributed by atoms with Crippen molar-refractivity contribution in [2.45, 2.75) is 46.6 Å². The van der Waals surface area contributed by atoms with E-state index in [2.05, 4.69) is 18.8 Å². The number of thiazole rings is 1. The van der Waals surface area contributed by atoms with Crippen LogP contribution < -0.4 is 19.6 Å². The van der Waals surface area contributed by atoms with Crippen LogP contribution in [0.2, 0.25) is 0 Å². The second kappa shape index (κ2) is 10.5. The van der Waals surface area contributed by atoms with Gasteiger partial charge < -0.3 is 14.6 Å². The highest BCUT2D eigenvalue weighted by atomic mass is 32.1. The zero-order chi connectivity index (χ0) is 26.0. The molecule has 2 heterocycles. The Balaban J connectivity index is 1.90. The molecule has 0 unspecified atom stereocenters. The maximum Gasteiger partial charge on any atom is 0.338 e. The first kappa shape index (κ1) is 25.4. The van der Waals surface area contributed by atoms with E-state index < -0.39 is 12.0 Å². The summed E-state index contributed by atoms with van der Waals surface area (Å²) in [5.74, 6) is 0.262. The molecule has 0 bridgehead atoms. The Morgan fingerprint density at radius 3 is 2.53 bits per heavy atom. The number of nitrogens with zero attached hydrogens (tertiary/aromatic N) is 2. The second-order valence-electron chi connectivity index (χ2n) is 8.78. The minimum absolute atomic E-state index is 0.0370. The van der Waals surface area contributed by atoms with Crippen LogP contribution in [0.4, 0.5) is 0 Å². The Kier molecular flexibility index (Phi) is 7.45. The molecule has 1 aliphatic heterocycles. The van der Waals surface area contributed by atoms with E-state index in [4.69, 9.17) is 9.47 Å². The molecule has 0 saturated carbocycles. The van der Waals surface area contributed by atoms with E-state index in [0.717, 1.165) is 5.56 Å². The lowest BCUT2D eigenvalue weighted by atomic mass is 9.93. The molecule has 188 valence electrons. The Bertz CT molecular complexity index is 1500. The predicted octanol–water partition coefficient (Wildman–Crippen LogP) is 4.03. The molecule has 1 N–H and O–H groups in total. The fourth-order valence-corrected chi connectivity index (χ4v) is 5.26. The van der Waals surface area contributed by atoms with Gasteiger partial charge in [0.1, 0.15) is 0 Å². The standard InChI is InChI=1S/C28H30N2O5S/c1-6-34-22-14-18(8-13-21(22)31)15-23-26(32)30-25(20-11-9-19(10-12-20)16(3)4)24(27(33)35-7-2)17(5)29-28(30)36-23/h8-16,25,31H,6-7H2,1-5H3/b23-15-/t25-/m0/s1. The van der Waals surface area contributed by atoms with Gasteiger partial charge in [0.15, 0.2) is 16.3 Å². The number of benzene rings is 2. The van der Waals surface area contributed by atoms with Crippen molar-refractivity contribution in [3.05, 3.63) is 90.1 Å². The van der Waals surface area contributed by atoms with Crippen molar-refractivity contribution in [3.8, 4) is 11.5 Å². The van der Waals surface area contributed by atoms with Crippen molar-refractivity contribution >= 4 is 23.4 Å². The number of phenolic OH excluding ortho intramolecular Hbond substituents is 1. The molecule has 3 aromatic rings. The van der Waals surface area contributed by atoms with Crippen LogP contribution in [0.25, 0.3) is 6.08 Å². The molecule has 0 spiro atoms. The summed E-state index contributed by atoms with van der Waals surface area (Å²) < 4.78 is 12.9. The third-order valence-corrected chi connectivity index (χ3v) is 7.00. The van der Waals surface area contributed by atoms with Crippen molar-refractivity contribution in [2.75, 3.05) is 13.2 Å². The summed E-state index contributed by atoms with van der Waals surface area (Å²) in [6.45, 7) is 10.2. The van der Waals surface area contributed by atoms with Crippen molar-refractivity contribution < 1.29 is 19.4 Å². The van der Waals surface area contributed by atoms with Gasteiger partial charge in [-0.1, -0.05) is 55.5 Å². The molecule has 0 radical (unpaired) electrons. The number of aromatic nitrogens is 1. The first-order valence-electron chi connectivity index (χ1n) is 12.0. The van der Waals surface area contributed by atoms with Gasteiger partial charge in [-0.15, -0.1) is 0 Å². The molecule has 0 saturated heterocycles. The summed E-state index contributed by atoms with van der Waals surface area (Å²) in [5.41, 5.74) is 3.33. The van der Waals surface area contributed by atoms with Crippen molar-refractivity contribution in [1.82, 2.24) is 4.57 Å². The summed E-state index contributed by atoms with van der Waals surface area (Å²) in [4.78, 5) is 31.9. The largest absolute Gasteiger partial charge is 0.504 e. The number of hydrogen-bond donors (Lipinski definition) is 1. The summed E-state index contributed by atoms with van der Waals surface area (Å²) in [6.07, 6.45) is 1.74. The van der Waals surface area contributed by atoms with Crippen molar-refractivity contribution in [1.29, 1.82) is 0 Å². The normalized spacial score (nSPS) is 15.6. The number of carbonyl (C=O) groups is 1. The van der Waals surface area contributed by atoms with Crippen LogP contribution in [0.5, 0.6) is 11.5 Å². The molecular weight excluding hydrogens is 476 g/mol. The van der Waals surface area contributed by atoms with E-state index in [9.17, 15) is 14.7 Å². The molecule has 4 rings (SSSR count). The predicted molar refractivity (Wildman–Crippen MR) is 140 cm³/mol. The Hall–Kier alpha value is -3.65. The van der Waals surface area contributed by atoms with Crippen LogP contribution in [0.3, 0.4) is 0 Å². The molecule has 1 atom stereocenters. The quantitative estimate of drug-likeness (QED) is 0.489. The van der Waals surface area contributed by atoms with E-state index >= 15 is 0 Å². The summed E-state index contributed by atoms with van der Waals surface area (Å²) >= 11 is 1.26. The van der Waals surface area contributed by atoms with Crippen LogP contribution in [0.15, 0.2) is 63.5 Å². The van der Waals surface area contributed by atoms with Gasteiger partial charge in [0, 0.05) is 0 Å². The molecule has 7 nitrogen and oxygen atoms in total. The minimum atomic E-state index is -0.650. The van der Waals surface area contributed by atoms with E-state index in [1.54, 1.807) is 36.6 Å². The Labute approximate surface area is 213 Å². The first-order chi connectivity index (χ1) is 17.2. The van der Waals surface area contributed by atoms with Gasteiger partial charge in [0.25, 0.3) is 5.56 Å². The lowest BCUT2D eigenvalue weighted by Crippen LogP contribution is -2.39. The third kappa shape index (κ3) is 4.86. The molecule has 0 aliphatic carbocycles. The fourth-order valence-electron chi connectivity index (χ4n) is 4.21. The number of esters is 1. The van der Waals surface area contributed by atoms with Crippen LogP contribution >= 0.6 is 11.3 Å². The van der Waals surface area contributed by atoms with Crippen LogP contribution in [-0.2, 0) is 9.53 Å². The number of carbonyl (C=O) groups excluding carboxylic acids is 1. The van der Waals surface area contributed by atoms with E-state index in [1.165, 1.54) is 23.0 Å². The van der Waals surface area contributed by atoms with Crippen LogP contribution in [0.1, 0.15) is 63.3 Å². The highest BCUT2D eigenvalue weighted by Gasteiger charge is 2.33. The number of hydrogen-bond acceptors (Lipinski definition) is 7. The van der Waals surface area contributed by atoms with Gasteiger partial charge >= 0.3 is 5.97 Å². The van der Waals surface area contributed by atoms with Gasteiger partial charge in [-0.3, -0.25) is 9.36 Å². The van der Waals surface area contributed by atoms with E-state index in [-0.39, 0.29) is 17.9 Å². The number of phenols is 1. The summed E-state index contributed by atoms with van der Waals surface area (Å²) in [6, 6.07) is 12.3. The molecule has 1 aliphatic rings. The second-order valence-corrected chi connectivity index (χ2v) is 9.79.